The summed E-state index contributed by atoms with van der Waals surface area (Å²) in [7, 11) is 0. The highest BCUT2D eigenvalue weighted by Crippen LogP contribution is 2.27. The number of fused-ring (bicyclic) bond motifs is 2. The van der Waals surface area contributed by atoms with Crippen molar-refractivity contribution in [2.75, 3.05) is 23.7 Å². The van der Waals surface area contributed by atoms with Crippen molar-refractivity contribution < 1.29 is 9.53 Å². The van der Waals surface area contributed by atoms with Crippen LogP contribution in [0.5, 0.6) is 0 Å². The Bertz CT molecular complexity index is 1420. The number of amides is 1. The van der Waals surface area contributed by atoms with Gasteiger partial charge >= 0.3 is 6.09 Å². The molecular weight excluding hydrogens is 517 g/mol. The highest BCUT2D eigenvalue weighted by Gasteiger charge is 2.30. The third-order valence-electron chi connectivity index (χ3n) is 5.97. The van der Waals surface area contributed by atoms with Crippen LogP contribution in [-0.2, 0) is 17.8 Å². The molecule has 1 aromatic carbocycles. The van der Waals surface area contributed by atoms with Crippen molar-refractivity contribution in [3.63, 3.8) is 0 Å². The lowest BCUT2D eigenvalue weighted by Gasteiger charge is -2.24. The number of halogens is 2. The van der Waals surface area contributed by atoms with Crippen molar-refractivity contribution in [2.24, 2.45) is 0 Å². The Balaban J connectivity index is 1.34. The number of hydrogen-bond acceptors (Lipinski definition) is 8. The summed E-state index contributed by atoms with van der Waals surface area (Å²) in [4.78, 5) is 36.0. The quantitative estimate of drug-likeness (QED) is 0.306. The van der Waals surface area contributed by atoms with E-state index in [1.54, 1.807) is 23.4 Å². The van der Waals surface area contributed by atoms with Gasteiger partial charge in [0.15, 0.2) is 17.0 Å². The number of benzene rings is 1. The van der Waals surface area contributed by atoms with Crippen LogP contribution in [0.15, 0.2) is 18.5 Å². The summed E-state index contributed by atoms with van der Waals surface area (Å²) in [6, 6.07) is 3.49. The largest absolute Gasteiger partial charge is 0.444 e. The van der Waals surface area contributed by atoms with Gasteiger partial charge in [-0.15, -0.1) is 0 Å². The first-order valence-electron chi connectivity index (χ1n) is 12.1. The molecule has 1 aliphatic rings. The number of nitrogens with one attached hydrogen (secondary N) is 3. The van der Waals surface area contributed by atoms with E-state index in [2.05, 4.69) is 25.6 Å². The summed E-state index contributed by atoms with van der Waals surface area (Å²) >= 11 is 12.3. The lowest BCUT2D eigenvalue weighted by molar-refractivity contribution is 0.0293. The molecule has 0 unspecified atom stereocenters. The van der Waals surface area contributed by atoms with Gasteiger partial charge in [-0.25, -0.2) is 14.8 Å². The van der Waals surface area contributed by atoms with Crippen LogP contribution in [0, 0.1) is 0 Å². The van der Waals surface area contributed by atoms with Crippen LogP contribution >= 0.6 is 23.2 Å². The molecule has 4 heterocycles. The Morgan fingerprint density at radius 1 is 1.22 bits per heavy atom. The van der Waals surface area contributed by atoms with Crippen LogP contribution < -0.4 is 10.6 Å². The molecule has 0 spiro atoms. The van der Waals surface area contributed by atoms with E-state index in [1.807, 2.05) is 32.3 Å². The number of H-pyrrole nitrogens is 1. The molecule has 11 nitrogen and oxygen atoms in total. The van der Waals surface area contributed by atoms with Crippen molar-refractivity contribution >= 4 is 63.3 Å². The number of ether oxygens (including phenoxy) is 1. The second-order valence-electron chi connectivity index (χ2n) is 9.98. The zero-order chi connectivity index (χ0) is 26.3. The minimum atomic E-state index is -0.533. The van der Waals surface area contributed by atoms with E-state index in [-0.39, 0.29) is 12.1 Å². The average molecular weight is 546 g/mol. The average Bonchev–Trinajstić information content (AvgIpc) is 3.55. The van der Waals surface area contributed by atoms with Gasteiger partial charge in [0.1, 0.15) is 11.4 Å². The number of likely N-dealkylation sites (tertiary alicyclic amines) is 1. The maximum atomic E-state index is 12.5. The molecule has 3 aromatic heterocycles. The van der Waals surface area contributed by atoms with Crippen molar-refractivity contribution in [3.05, 3.63) is 34.3 Å². The number of carbonyl (C=O) groups excluding carboxylic acids is 1. The summed E-state index contributed by atoms with van der Waals surface area (Å²) in [5.41, 5.74) is 2.37. The van der Waals surface area contributed by atoms with E-state index >= 15 is 0 Å². The normalized spacial score (nSPS) is 16.1. The Labute approximate surface area is 223 Å². The second-order valence-corrected chi connectivity index (χ2v) is 10.8. The van der Waals surface area contributed by atoms with Gasteiger partial charge in [-0.1, -0.05) is 23.2 Å². The van der Waals surface area contributed by atoms with Crippen LogP contribution in [-0.4, -0.2) is 65.2 Å². The van der Waals surface area contributed by atoms with Crippen molar-refractivity contribution in [1.29, 1.82) is 0 Å². The number of anilines is 2. The lowest BCUT2D eigenvalue weighted by Crippen LogP contribution is -2.36. The molecule has 1 aliphatic heterocycles. The van der Waals surface area contributed by atoms with Crippen LogP contribution in [0.2, 0.25) is 10.0 Å². The predicted octanol–water partition coefficient (Wildman–Crippen LogP) is 5.06. The summed E-state index contributed by atoms with van der Waals surface area (Å²) in [5.74, 6) is 1.75. The zero-order valence-electron chi connectivity index (χ0n) is 21.1. The molecule has 1 saturated heterocycles. The van der Waals surface area contributed by atoms with E-state index in [4.69, 9.17) is 37.9 Å². The molecule has 4 aromatic rings. The third-order valence-corrected chi connectivity index (χ3v) is 6.70. The van der Waals surface area contributed by atoms with E-state index in [0.29, 0.717) is 65.0 Å². The Kier molecular flexibility index (Phi) is 6.76. The molecule has 196 valence electrons. The van der Waals surface area contributed by atoms with Gasteiger partial charge in [-0.2, -0.15) is 9.97 Å². The minimum Gasteiger partial charge on any atom is -0.444 e. The van der Waals surface area contributed by atoms with Gasteiger partial charge in [0.2, 0.25) is 5.95 Å². The SMILES string of the molecule is CCn1cnc2c(NCc3nc4cc(Cl)c(Cl)cc4[nH]3)nc(N[C@@H]3CCN(C(=O)OC(C)(C)C)C3)nc21. The molecular formula is C24H29Cl2N9O2. The number of hydrogen-bond donors (Lipinski definition) is 3. The fourth-order valence-electron chi connectivity index (χ4n) is 4.23. The van der Waals surface area contributed by atoms with Crippen molar-refractivity contribution in [1.82, 2.24) is 34.4 Å². The first-order valence-corrected chi connectivity index (χ1v) is 12.9. The van der Waals surface area contributed by atoms with Gasteiger partial charge in [0, 0.05) is 25.7 Å². The topological polar surface area (TPSA) is 126 Å². The third kappa shape index (κ3) is 5.52. The molecule has 1 amide bonds. The fourth-order valence-corrected chi connectivity index (χ4v) is 4.55. The molecule has 13 heteroatoms. The summed E-state index contributed by atoms with van der Waals surface area (Å²) in [6.07, 6.45) is 2.20. The maximum absolute atomic E-state index is 12.5. The van der Waals surface area contributed by atoms with Crippen LogP contribution in [0.1, 0.15) is 39.9 Å². The van der Waals surface area contributed by atoms with Crippen LogP contribution in [0.25, 0.3) is 22.2 Å². The van der Waals surface area contributed by atoms with E-state index < -0.39 is 5.60 Å². The first kappa shape index (κ1) is 25.3. The first-order chi connectivity index (χ1) is 17.6. The number of aryl methyl sites for hydroxylation is 1. The van der Waals surface area contributed by atoms with Gasteiger partial charge in [-0.05, 0) is 46.2 Å². The van der Waals surface area contributed by atoms with E-state index in [9.17, 15) is 4.79 Å². The summed E-state index contributed by atoms with van der Waals surface area (Å²) in [5, 5.41) is 7.65. The van der Waals surface area contributed by atoms with Gasteiger partial charge < -0.3 is 29.8 Å². The molecule has 5 rings (SSSR count). The molecule has 0 aliphatic carbocycles. The molecule has 0 bridgehead atoms. The highest BCUT2D eigenvalue weighted by atomic mass is 35.5. The number of nitrogens with zero attached hydrogens (tertiary/aromatic N) is 6. The van der Waals surface area contributed by atoms with Gasteiger partial charge in [-0.3, -0.25) is 0 Å². The van der Waals surface area contributed by atoms with Crippen LogP contribution in [0.4, 0.5) is 16.6 Å². The monoisotopic (exact) mass is 545 g/mol. The summed E-state index contributed by atoms with van der Waals surface area (Å²) in [6.45, 7) is 9.83. The second kappa shape index (κ2) is 9.86. The number of aromatic nitrogens is 6. The molecule has 37 heavy (non-hydrogen) atoms. The molecule has 1 atom stereocenters. The number of carbonyl (C=O) groups is 1. The van der Waals surface area contributed by atoms with Crippen LogP contribution in [0.3, 0.4) is 0 Å². The van der Waals surface area contributed by atoms with Crippen molar-refractivity contribution in [2.45, 2.75) is 58.8 Å². The predicted molar refractivity (Wildman–Crippen MR) is 144 cm³/mol. The molecule has 3 N–H and O–H groups in total. The Hall–Kier alpha value is -3.31. The fraction of sp³-hybridized carbons (Fsp3) is 0.458. The van der Waals surface area contributed by atoms with Gasteiger partial charge in [0.05, 0.1) is 34.0 Å². The smallest absolute Gasteiger partial charge is 0.410 e. The molecule has 0 saturated carbocycles. The van der Waals surface area contributed by atoms with E-state index in [1.165, 1.54) is 0 Å². The lowest BCUT2D eigenvalue weighted by atomic mass is 10.2. The number of rotatable bonds is 6. The van der Waals surface area contributed by atoms with Crippen molar-refractivity contribution in [3.8, 4) is 0 Å². The van der Waals surface area contributed by atoms with E-state index in [0.717, 1.165) is 17.5 Å². The molecule has 0 radical (unpaired) electrons. The Morgan fingerprint density at radius 3 is 2.76 bits per heavy atom. The minimum absolute atomic E-state index is 0.000635. The number of imidazole rings is 2. The molecule has 1 fully saturated rings. The van der Waals surface area contributed by atoms with Gasteiger partial charge in [0.25, 0.3) is 0 Å². The summed E-state index contributed by atoms with van der Waals surface area (Å²) < 4.78 is 7.47. The Morgan fingerprint density at radius 2 is 2.00 bits per heavy atom. The number of aromatic amines is 1. The highest BCUT2D eigenvalue weighted by molar-refractivity contribution is 6.42. The maximum Gasteiger partial charge on any atom is 0.410 e. The standard InChI is InChI=1S/C24H29Cl2N9O2/c1-5-34-12-28-19-20(27-10-18-30-16-8-14(25)15(26)9-17(16)31-18)32-22(33-21(19)34)29-13-6-7-35(11-13)23(36)37-24(2,3)4/h8-9,12-13H,5-7,10-11H2,1-4H3,(H,30,31)(H2,27,29,32,33)/t13-/m1/s1. The zero-order valence-corrected chi connectivity index (χ0v) is 22.6.